The topological polar surface area (TPSA) is 68.2 Å². The van der Waals surface area contributed by atoms with Gasteiger partial charge in [0.05, 0.1) is 12.8 Å². The Morgan fingerprint density at radius 3 is 2.79 bits per heavy atom. The molecule has 0 atom stereocenters. The van der Waals surface area contributed by atoms with Crippen molar-refractivity contribution in [3.8, 4) is 0 Å². The molecule has 0 bridgehead atoms. The van der Waals surface area contributed by atoms with Crippen molar-refractivity contribution >= 4 is 11.6 Å². The number of hydrogen-bond donors (Lipinski definition) is 1. The number of hydrogen-bond acceptors (Lipinski definition) is 5. The SMILES string of the molecule is CCCc1nc(N)cc(N(CC)Cc2ccco2)n1. The molecule has 0 saturated carbocycles. The third kappa shape index (κ3) is 3.47. The first-order valence-corrected chi connectivity index (χ1v) is 6.63. The molecule has 102 valence electrons. The second-order valence-corrected chi connectivity index (χ2v) is 4.41. The zero-order valence-electron chi connectivity index (χ0n) is 11.5. The largest absolute Gasteiger partial charge is 0.467 e. The zero-order chi connectivity index (χ0) is 13.7. The van der Waals surface area contributed by atoms with Crippen molar-refractivity contribution in [2.45, 2.75) is 33.2 Å². The normalized spacial score (nSPS) is 10.6. The Kier molecular flexibility index (Phi) is 4.39. The molecule has 0 aromatic carbocycles. The summed E-state index contributed by atoms with van der Waals surface area (Å²) in [5.74, 6) is 3.09. The van der Waals surface area contributed by atoms with Crippen LogP contribution in [0.25, 0.3) is 0 Å². The maximum Gasteiger partial charge on any atom is 0.134 e. The van der Waals surface area contributed by atoms with Gasteiger partial charge >= 0.3 is 0 Å². The minimum atomic E-state index is 0.520. The molecule has 0 fully saturated rings. The third-order valence-electron chi connectivity index (χ3n) is 2.88. The molecule has 0 spiro atoms. The number of aromatic nitrogens is 2. The van der Waals surface area contributed by atoms with Crippen molar-refractivity contribution < 1.29 is 4.42 Å². The van der Waals surface area contributed by atoms with Gasteiger partial charge in [-0.15, -0.1) is 0 Å². The predicted octanol–water partition coefficient (Wildman–Crippen LogP) is 2.63. The van der Waals surface area contributed by atoms with Gasteiger partial charge < -0.3 is 15.1 Å². The fourth-order valence-electron chi connectivity index (χ4n) is 1.95. The Morgan fingerprint density at radius 2 is 2.16 bits per heavy atom. The highest BCUT2D eigenvalue weighted by atomic mass is 16.3. The lowest BCUT2D eigenvalue weighted by molar-refractivity contribution is 0.502. The zero-order valence-corrected chi connectivity index (χ0v) is 11.5. The summed E-state index contributed by atoms with van der Waals surface area (Å²) in [5.41, 5.74) is 5.85. The standard InChI is InChI=1S/C14H20N4O/c1-3-6-13-16-12(15)9-14(17-13)18(4-2)10-11-7-5-8-19-11/h5,7-9H,3-4,6,10H2,1-2H3,(H2,15,16,17). The summed E-state index contributed by atoms with van der Waals surface area (Å²) >= 11 is 0. The highest BCUT2D eigenvalue weighted by molar-refractivity contribution is 5.47. The molecule has 0 aliphatic heterocycles. The average Bonchev–Trinajstić information content (AvgIpc) is 2.88. The Bertz CT molecular complexity index is 510. The third-order valence-corrected chi connectivity index (χ3v) is 2.88. The van der Waals surface area contributed by atoms with Gasteiger partial charge in [0.25, 0.3) is 0 Å². The smallest absolute Gasteiger partial charge is 0.134 e. The predicted molar refractivity (Wildman–Crippen MR) is 75.9 cm³/mol. The molecule has 19 heavy (non-hydrogen) atoms. The number of furan rings is 1. The lowest BCUT2D eigenvalue weighted by atomic mass is 10.3. The van der Waals surface area contributed by atoms with Crippen LogP contribution in [0.15, 0.2) is 28.9 Å². The van der Waals surface area contributed by atoms with Crippen molar-refractivity contribution in [3.05, 3.63) is 36.0 Å². The van der Waals surface area contributed by atoms with Crippen molar-refractivity contribution in [1.29, 1.82) is 0 Å². The molecular formula is C14H20N4O. The quantitative estimate of drug-likeness (QED) is 0.864. The second-order valence-electron chi connectivity index (χ2n) is 4.41. The average molecular weight is 260 g/mol. The summed E-state index contributed by atoms with van der Waals surface area (Å²) in [6, 6.07) is 5.66. The van der Waals surface area contributed by atoms with Crippen LogP contribution in [0.3, 0.4) is 0 Å². The number of rotatable bonds is 6. The number of anilines is 2. The van der Waals surface area contributed by atoms with Crippen molar-refractivity contribution in [3.63, 3.8) is 0 Å². The van der Waals surface area contributed by atoms with E-state index in [-0.39, 0.29) is 0 Å². The van der Waals surface area contributed by atoms with Gasteiger partial charge in [0, 0.05) is 19.0 Å². The number of nitrogen functional groups attached to an aromatic ring is 1. The molecule has 2 rings (SSSR count). The van der Waals surface area contributed by atoms with Crippen molar-refractivity contribution in [2.75, 3.05) is 17.2 Å². The molecule has 0 radical (unpaired) electrons. The fourth-order valence-corrected chi connectivity index (χ4v) is 1.95. The lowest BCUT2D eigenvalue weighted by Gasteiger charge is -2.21. The summed E-state index contributed by atoms with van der Waals surface area (Å²) in [6.45, 7) is 5.71. The van der Waals surface area contributed by atoms with E-state index in [1.54, 1.807) is 6.26 Å². The van der Waals surface area contributed by atoms with Gasteiger partial charge in [-0.1, -0.05) is 6.92 Å². The Morgan fingerprint density at radius 1 is 1.32 bits per heavy atom. The van der Waals surface area contributed by atoms with Crippen molar-refractivity contribution in [2.24, 2.45) is 0 Å². The van der Waals surface area contributed by atoms with Crippen LogP contribution in [0.4, 0.5) is 11.6 Å². The molecule has 0 aliphatic carbocycles. The van der Waals surface area contributed by atoms with E-state index in [1.165, 1.54) is 0 Å². The van der Waals surface area contributed by atoms with E-state index in [9.17, 15) is 0 Å². The number of nitrogens with zero attached hydrogens (tertiary/aromatic N) is 3. The minimum absolute atomic E-state index is 0.520. The van der Waals surface area contributed by atoms with Crippen LogP contribution in [0.5, 0.6) is 0 Å². The first kappa shape index (κ1) is 13.4. The highest BCUT2D eigenvalue weighted by Crippen LogP contribution is 2.17. The van der Waals surface area contributed by atoms with Crippen LogP contribution in [0.1, 0.15) is 31.9 Å². The Hall–Kier alpha value is -2.04. The molecule has 5 heteroatoms. The van der Waals surface area contributed by atoms with Crippen LogP contribution in [0, 0.1) is 0 Å². The van der Waals surface area contributed by atoms with Gasteiger partial charge in [-0.2, -0.15) is 0 Å². The van der Waals surface area contributed by atoms with E-state index < -0.39 is 0 Å². The second kappa shape index (κ2) is 6.22. The molecule has 0 amide bonds. The van der Waals surface area contributed by atoms with Crippen LogP contribution in [0.2, 0.25) is 0 Å². The maximum absolute atomic E-state index is 5.85. The fraction of sp³-hybridized carbons (Fsp3) is 0.429. The molecule has 2 aromatic rings. The van der Waals surface area contributed by atoms with Gasteiger partial charge in [0.15, 0.2) is 0 Å². The summed E-state index contributed by atoms with van der Waals surface area (Å²) in [4.78, 5) is 10.9. The van der Waals surface area contributed by atoms with E-state index in [2.05, 4.69) is 28.7 Å². The minimum Gasteiger partial charge on any atom is -0.467 e. The summed E-state index contributed by atoms with van der Waals surface area (Å²) in [6.07, 6.45) is 3.53. The van der Waals surface area contributed by atoms with Crippen LogP contribution >= 0.6 is 0 Å². The molecular weight excluding hydrogens is 240 g/mol. The van der Waals surface area contributed by atoms with Crippen molar-refractivity contribution in [1.82, 2.24) is 9.97 Å². The molecule has 0 aliphatic rings. The first-order chi connectivity index (χ1) is 9.22. The molecule has 2 N–H and O–H groups in total. The number of aryl methyl sites for hydroxylation is 1. The van der Waals surface area contributed by atoms with E-state index >= 15 is 0 Å². The molecule has 0 saturated heterocycles. The molecule has 0 unspecified atom stereocenters. The van der Waals surface area contributed by atoms with Gasteiger partial charge in [-0.25, -0.2) is 9.97 Å². The molecule has 5 nitrogen and oxygen atoms in total. The van der Waals surface area contributed by atoms with Gasteiger partial charge in [-0.05, 0) is 25.5 Å². The van der Waals surface area contributed by atoms with E-state index in [4.69, 9.17) is 10.2 Å². The van der Waals surface area contributed by atoms with Crippen LogP contribution in [-0.4, -0.2) is 16.5 Å². The first-order valence-electron chi connectivity index (χ1n) is 6.63. The van der Waals surface area contributed by atoms with Gasteiger partial charge in [0.2, 0.25) is 0 Å². The van der Waals surface area contributed by atoms with Crippen LogP contribution < -0.4 is 10.6 Å². The highest BCUT2D eigenvalue weighted by Gasteiger charge is 2.11. The van der Waals surface area contributed by atoms with Gasteiger partial charge in [-0.3, -0.25) is 0 Å². The van der Waals surface area contributed by atoms with Gasteiger partial charge in [0.1, 0.15) is 23.2 Å². The lowest BCUT2D eigenvalue weighted by Crippen LogP contribution is -2.23. The maximum atomic E-state index is 5.85. The van der Waals surface area contributed by atoms with E-state index in [1.807, 2.05) is 18.2 Å². The Balaban J connectivity index is 2.21. The monoisotopic (exact) mass is 260 g/mol. The summed E-state index contributed by atoms with van der Waals surface area (Å²) in [7, 11) is 0. The van der Waals surface area contributed by atoms with E-state index in [0.29, 0.717) is 12.4 Å². The molecule has 2 aromatic heterocycles. The summed E-state index contributed by atoms with van der Waals surface area (Å²) < 4.78 is 5.38. The Labute approximate surface area is 113 Å². The van der Waals surface area contributed by atoms with E-state index in [0.717, 1.165) is 36.8 Å². The summed E-state index contributed by atoms with van der Waals surface area (Å²) in [5, 5.41) is 0. The molecule has 2 heterocycles. The van der Waals surface area contributed by atoms with Crippen LogP contribution in [-0.2, 0) is 13.0 Å². The number of nitrogens with two attached hydrogens (primary N) is 1.